The van der Waals surface area contributed by atoms with Crippen LogP contribution in [0.4, 0.5) is 10.2 Å². The molecule has 0 amide bonds. The molecule has 21 heavy (non-hydrogen) atoms. The van der Waals surface area contributed by atoms with Crippen LogP contribution in [0.15, 0.2) is 54.6 Å². The number of halogens is 1. The summed E-state index contributed by atoms with van der Waals surface area (Å²) < 4.78 is 14.7. The molecule has 0 aliphatic rings. The maximum Gasteiger partial charge on any atom is 0.145 e. The summed E-state index contributed by atoms with van der Waals surface area (Å²) >= 11 is 0. The van der Waals surface area contributed by atoms with Crippen molar-refractivity contribution in [2.45, 2.75) is 0 Å². The number of nitriles is 1. The highest BCUT2D eigenvalue weighted by Crippen LogP contribution is 2.28. The Morgan fingerprint density at radius 1 is 1.10 bits per heavy atom. The molecule has 0 unspecified atom stereocenters. The predicted molar refractivity (Wildman–Crippen MR) is 78.1 cm³/mol. The van der Waals surface area contributed by atoms with Crippen LogP contribution in [-0.2, 0) is 0 Å². The average Bonchev–Trinajstić information content (AvgIpc) is 2.85. The van der Waals surface area contributed by atoms with E-state index >= 15 is 0 Å². The van der Waals surface area contributed by atoms with E-state index in [1.54, 1.807) is 12.1 Å². The van der Waals surface area contributed by atoms with Gasteiger partial charge in [0.05, 0.1) is 5.69 Å². The molecule has 0 bridgehead atoms. The number of aromatic nitrogens is 2. The Morgan fingerprint density at radius 2 is 1.86 bits per heavy atom. The first-order valence-corrected chi connectivity index (χ1v) is 6.30. The van der Waals surface area contributed by atoms with Crippen LogP contribution < -0.4 is 5.73 Å². The second-order valence-corrected chi connectivity index (χ2v) is 4.48. The Bertz CT molecular complexity index is 831. The van der Waals surface area contributed by atoms with Crippen LogP contribution in [0.1, 0.15) is 5.56 Å². The molecule has 2 aromatic carbocycles. The first-order chi connectivity index (χ1) is 10.2. The minimum atomic E-state index is -0.387. The predicted octanol–water partition coefficient (Wildman–Crippen LogP) is 3.13. The van der Waals surface area contributed by atoms with Crippen molar-refractivity contribution in [1.82, 2.24) is 9.78 Å². The molecule has 1 heterocycles. The van der Waals surface area contributed by atoms with Crippen LogP contribution in [-0.4, -0.2) is 9.78 Å². The zero-order chi connectivity index (χ0) is 14.8. The van der Waals surface area contributed by atoms with E-state index in [2.05, 4.69) is 11.2 Å². The molecule has 4 nitrogen and oxygen atoms in total. The van der Waals surface area contributed by atoms with Crippen LogP contribution in [0.25, 0.3) is 16.9 Å². The fourth-order valence-corrected chi connectivity index (χ4v) is 2.14. The third-order valence-electron chi connectivity index (χ3n) is 3.13. The van der Waals surface area contributed by atoms with E-state index in [0.717, 1.165) is 5.56 Å². The number of anilines is 1. The van der Waals surface area contributed by atoms with Crippen molar-refractivity contribution >= 4 is 5.82 Å². The molecule has 0 radical (unpaired) electrons. The van der Waals surface area contributed by atoms with Crippen molar-refractivity contribution in [1.29, 1.82) is 5.26 Å². The Labute approximate surface area is 120 Å². The van der Waals surface area contributed by atoms with Crippen LogP contribution in [0.2, 0.25) is 0 Å². The standard InChI is InChI=1S/C16H11FN4/c17-12-7-4-8-13(9-12)21-16(19)14(10-18)15(20-21)11-5-2-1-3-6-11/h1-9H,19H2. The first-order valence-electron chi connectivity index (χ1n) is 6.30. The third-order valence-corrected chi connectivity index (χ3v) is 3.13. The summed E-state index contributed by atoms with van der Waals surface area (Å²) in [5.41, 5.74) is 8.02. The van der Waals surface area contributed by atoms with Crippen LogP contribution >= 0.6 is 0 Å². The van der Waals surface area contributed by atoms with Gasteiger partial charge in [-0.15, -0.1) is 0 Å². The third kappa shape index (κ3) is 2.23. The lowest BCUT2D eigenvalue weighted by molar-refractivity contribution is 0.625. The van der Waals surface area contributed by atoms with E-state index in [9.17, 15) is 9.65 Å². The van der Waals surface area contributed by atoms with Crippen molar-refractivity contribution in [3.63, 3.8) is 0 Å². The summed E-state index contributed by atoms with van der Waals surface area (Å²) in [6.45, 7) is 0. The van der Waals surface area contributed by atoms with E-state index < -0.39 is 0 Å². The van der Waals surface area contributed by atoms with E-state index in [4.69, 9.17) is 5.73 Å². The monoisotopic (exact) mass is 278 g/mol. The summed E-state index contributed by atoms with van der Waals surface area (Å²) in [7, 11) is 0. The number of hydrogen-bond acceptors (Lipinski definition) is 3. The molecule has 0 fully saturated rings. The van der Waals surface area contributed by atoms with Gasteiger partial charge in [-0.25, -0.2) is 9.07 Å². The summed E-state index contributed by atoms with van der Waals surface area (Å²) in [6, 6.07) is 17.3. The van der Waals surface area contributed by atoms with Crippen molar-refractivity contribution in [3.8, 4) is 23.0 Å². The lowest BCUT2D eigenvalue weighted by Crippen LogP contribution is -2.02. The Morgan fingerprint density at radius 3 is 2.52 bits per heavy atom. The number of hydrogen-bond donors (Lipinski definition) is 1. The highest BCUT2D eigenvalue weighted by molar-refractivity contribution is 5.73. The topological polar surface area (TPSA) is 67.6 Å². The van der Waals surface area contributed by atoms with Gasteiger partial charge in [-0.3, -0.25) is 0 Å². The fourth-order valence-electron chi connectivity index (χ4n) is 2.14. The lowest BCUT2D eigenvalue weighted by Gasteiger charge is -2.03. The lowest BCUT2D eigenvalue weighted by atomic mass is 10.1. The molecular weight excluding hydrogens is 267 g/mol. The normalized spacial score (nSPS) is 10.3. The number of nitrogen functional groups attached to an aromatic ring is 1. The molecule has 0 saturated carbocycles. The number of rotatable bonds is 2. The summed E-state index contributed by atoms with van der Waals surface area (Å²) in [5.74, 6) is -0.191. The molecular formula is C16H11FN4. The first kappa shape index (κ1) is 12.9. The van der Waals surface area contributed by atoms with E-state index in [1.165, 1.54) is 16.8 Å². The van der Waals surface area contributed by atoms with Crippen LogP contribution in [0.5, 0.6) is 0 Å². The average molecular weight is 278 g/mol. The van der Waals surface area contributed by atoms with Crippen molar-refractivity contribution < 1.29 is 4.39 Å². The van der Waals surface area contributed by atoms with Gasteiger partial charge >= 0.3 is 0 Å². The van der Waals surface area contributed by atoms with Crippen molar-refractivity contribution in [3.05, 3.63) is 66.0 Å². The number of nitrogens with two attached hydrogens (primary N) is 1. The van der Waals surface area contributed by atoms with Crippen LogP contribution in [0, 0.1) is 17.1 Å². The molecule has 5 heteroatoms. The van der Waals surface area contributed by atoms with Crippen molar-refractivity contribution in [2.75, 3.05) is 5.73 Å². The molecule has 0 saturated heterocycles. The summed E-state index contributed by atoms with van der Waals surface area (Å²) in [4.78, 5) is 0. The van der Waals surface area contributed by atoms with Gasteiger partial charge in [-0.1, -0.05) is 36.4 Å². The molecule has 0 spiro atoms. The molecule has 3 aromatic rings. The van der Waals surface area contributed by atoms with Gasteiger partial charge < -0.3 is 5.73 Å². The summed E-state index contributed by atoms with van der Waals surface area (Å²) in [5, 5.41) is 13.7. The zero-order valence-corrected chi connectivity index (χ0v) is 11.0. The van der Waals surface area contributed by atoms with E-state index in [-0.39, 0.29) is 17.2 Å². The quantitative estimate of drug-likeness (QED) is 0.783. The summed E-state index contributed by atoms with van der Waals surface area (Å²) in [6.07, 6.45) is 0. The molecule has 0 aliphatic heterocycles. The van der Waals surface area contributed by atoms with Gasteiger partial charge in [0.1, 0.15) is 29.0 Å². The maximum atomic E-state index is 13.3. The highest BCUT2D eigenvalue weighted by atomic mass is 19.1. The molecule has 0 aliphatic carbocycles. The molecule has 102 valence electrons. The van der Waals surface area contributed by atoms with E-state index in [1.807, 2.05) is 30.3 Å². The fraction of sp³-hybridized carbons (Fsp3) is 0. The van der Waals surface area contributed by atoms with Gasteiger partial charge in [0.25, 0.3) is 0 Å². The maximum absolute atomic E-state index is 13.3. The van der Waals surface area contributed by atoms with Crippen molar-refractivity contribution in [2.24, 2.45) is 0 Å². The van der Waals surface area contributed by atoms with Gasteiger partial charge in [-0.2, -0.15) is 10.4 Å². The SMILES string of the molecule is N#Cc1c(-c2ccccc2)nn(-c2cccc(F)c2)c1N. The Kier molecular flexibility index (Phi) is 3.13. The zero-order valence-electron chi connectivity index (χ0n) is 11.0. The number of nitrogens with zero attached hydrogens (tertiary/aromatic N) is 3. The molecule has 2 N–H and O–H groups in total. The Balaban J connectivity index is 2.21. The number of benzene rings is 2. The smallest absolute Gasteiger partial charge is 0.145 e. The molecule has 1 aromatic heterocycles. The largest absolute Gasteiger partial charge is 0.382 e. The molecule has 0 atom stereocenters. The molecule has 3 rings (SSSR count). The van der Waals surface area contributed by atoms with Gasteiger partial charge in [0.2, 0.25) is 0 Å². The van der Waals surface area contributed by atoms with Gasteiger partial charge in [0.15, 0.2) is 0 Å². The second kappa shape index (κ2) is 5.10. The minimum absolute atomic E-state index is 0.196. The van der Waals surface area contributed by atoms with Gasteiger partial charge in [-0.05, 0) is 18.2 Å². The van der Waals surface area contributed by atoms with E-state index in [0.29, 0.717) is 11.4 Å². The minimum Gasteiger partial charge on any atom is -0.382 e. The van der Waals surface area contributed by atoms with Crippen LogP contribution in [0.3, 0.4) is 0 Å². The highest BCUT2D eigenvalue weighted by Gasteiger charge is 2.17. The Hall–Kier alpha value is -3.13. The van der Waals surface area contributed by atoms with Gasteiger partial charge in [0, 0.05) is 5.56 Å². The second-order valence-electron chi connectivity index (χ2n) is 4.48.